The first-order valence-electron chi connectivity index (χ1n) is 5.71. The number of para-hydroxylation sites is 1. The number of nitrogens with one attached hydrogen (secondary N) is 1. The van der Waals surface area contributed by atoms with Crippen molar-refractivity contribution < 1.29 is 4.79 Å². The fourth-order valence-electron chi connectivity index (χ4n) is 2.34. The van der Waals surface area contributed by atoms with Gasteiger partial charge in [-0.05, 0) is 11.6 Å². The molecule has 0 bridgehead atoms. The molecule has 1 unspecified atom stereocenters. The van der Waals surface area contributed by atoms with Crippen LogP contribution < -0.4 is 0 Å². The van der Waals surface area contributed by atoms with Gasteiger partial charge in [-0.15, -0.1) is 11.6 Å². The average molecular weight is 249 g/mol. The van der Waals surface area contributed by atoms with Crippen molar-refractivity contribution in [2.24, 2.45) is 0 Å². The van der Waals surface area contributed by atoms with Crippen LogP contribution in [0, 0.1) is 0 Å². The van der Waals surface area contributed by atoms with E-state index in [4.69, 9.17) is 11.6 Å². The van der Waals surface area contributed by atoms with Gasteiger partial charge in [-0.1, -0.05) is 18.2 Å². The summed E-state index contributed by atoms with van der Waals surface area (Å²) in [7, 11) is 0. The van der Waals surface area contributed by atoms with E-state index >= 15 is 0 Å². The van der Waals surface area contributed by atoms with Crippen LogP contribution in [0.3, 0.4) is 0 Å². The minimum Gasteiger partial charge on any atom is -0.361 e. The summed E-state index contributed by atoms with van der Waals surface area (Å²) in [5.41, 5.74) is 2.26. The summed E-state index contributed by atoms with van der Waals surface area (Å²) in [6.07, 6.45) is 2.43. The van der Waals surface area contributed by atoms with Gasteiger partial charge in [0.1, 0.15) is 0 Å². The number of rotatable bonds is 2. The third-order valence-corrected chi connectivity index (χ3v) is 3.50. The van der Waals surface area contributed by atoms with Gasteiger partial charge in [0.05, 0.1) is 5.38 Å². The fourth-order valence-corrected chi connectivity index (χ4v) is 2.64. The highest BCUT2D eigenvalue weighted by Crippen LogP contribution is 2.23. The SMILES string of the molecule is O=C1CC(Cl)CN1Cc1c[nH]c2ccccc12. The van der Waals surface area contributed by atoms with Crippen molar-refractivity contribution >= 4 is 28.4 Å². The lowest BCUT2D eigenvalue weighted by molar-refractivity contribution is -0.128. The Bertz CT molecular complexity index is 563. The predicted octanol–water partition coefficient (Wildman–Crippen LogP) is 2.51. The Balaban J connectivity index is 1.88. The molecular weight excluding hydrogens is 236 g/mol. The first kappa shape index (κ1) is 10.7. The Labute approximate surface area is 104 Å². The zero-order chi connectivity index (χ0) is 11.8. The molecule has 0 saturated carbocycles. The van der Waals surface area contributed by atoms with E-state index in [1.54, 1.807) is 0 Å². The van der Waals surface area contributed by atoms with Gasteiger partial charge in [0.25, 0.3) is 0 Å². The summed E-state index contributed by atoms with van der Waals surface area (Å²) in [6.45, 7) is 1.30. The average Bonchev–Trinajstić information content (AvgIpc) is 2.85. The predicted molar refractivity (Wildman–Crippen MR) is 68.0 cm³/mol. The molecule has 88 valence electrons. The zero-order valence-electron chi connectivity index (χ0n) is 9.32. The lowest BCUT2D eigenvalue weighted by Gasteiger charge is -2.14. The second-order valence-corrected chi connectivity index (χ2v) is 5.05. The number of carbonyl (C=O) groups is 1. The van der Waals surface area contributed by atoms with Gasteiger partial charge in [0.2, 0.25) is 5.91 Å². The van der Waals surface area contributed by atoms with Crippen molar-refractivity contribution in [2.75, 3.05) is 6.54 Å². The molecule has 2 heterocycles. The molecule has 0 aliphatic carbocycles. The van der Waals surface area contributed by atoms with Gasteiger partial charge in [-0.3, -0.25) is 4.79 Å². The van der Waals surface area contributed by atoms with Crippen LogP contribution in [0.5, 0.6) is 0 Å². The Kier molecular flexibility index (Phi) is 2.56. The number of likely N-dealkylation sites (tertiary alicyclic amines) is 1. The van der Waals surface area contributed by atoms with E-state index in [1.807, 2.05) is 29.3 Å². The summed E-state index contributed by atoms with van der Waals surface area (Å²) < 4.78 is 0. The number of amides is 1. The molecule has 4 heteroatoms. The van der Waals surface area contributed by atoms with E-state index in [0.29, 0.717) is 19.5 Å². The van der Waals surface area contributed by atoms with Crippen molar-refractivity contribution in [1.82, 2.24) is 9.88 Å². The number of hydrogen-bond acceptors (Lipinski definition) is 1. The lowest BCUT2D eigenvalue weighted by atomic mass is 10.1. The van der Waals surface area contributed by atoms with E-state index in [2.05, 4.69) is 11.1 Å². The molecule has 17 heavy (non-hydrogen) atoms. The molecule has 1 aromatic heterocycles. The maximum absolute atomic E-state index is 11.7. The fraction of sp³-hybridized carbons (Fsp3) is 0.308. The molecule has 1 fully saturated rings. The van der Waals surface area contributed by atoms with Crippen LogP contribution in [0.15, 0.2) is 30.5 Å². The number of benzene rings is 1. The molecule has 1 aliphatic heterocycles. The summed E-state index contributed by atoms with van der Waals surface area (Å²) in [6, 6.07) is 8.11. The summed E-state index contributed by atoms with van der Waals surface area (Å²) in [4.78, 5) is 16.7. The molecular formula is C13H13ClN2O. The summed E-state index contributed by atoms with van der Waals surface area (Å²) in [5, 5.41) is 1.14. The van der Waals surface area contributed by atoms with Crippen LogP contribution >= 0.6 is 11.6 Å². The molecule has 1 N–H and O–H groups in total. The van der Waals surface area contributed by atoms with Gasteiger partial charge >= 0.3 is 0 Å². The minimum atomic E-state index is -0.0345. The zero-order valence-corrected chi connectivity index (χ0v) is 10.1. The van der Waals surface area contributed by atoms with E-state index in [9.17, 15) is 4.79 Å². The number of aromatic nitrogens is 1. The highest BCUT2D eigenvalue weighted by molar-refractivity contribution is 6.22. The topological polar surface area (TPSA) is 36.1 Å². The maximum Gasteiger partial charge on any atom is 0.224 e. The second-order valence-electron chi connectivity index (χ2n) is 4.44. The number of alkyl halides is 1. The molecule has 1 aromatic carbocycles. The van der Waals surface area contributed by atoms with Crippen LogP contribution in [-0.2, 0) is 11.3 Å². The van der Waals surface area contributed by atoms with Crippen LogP contribution in [0.2, 0.25) is 0 Å². The van der Waals surface area contributed by atoms with Gasteiger partial charge in [-0.25, -0.2) is 0 Å². The maximum atomic E-state index is 11.7. The summed E-state index contributed by atoms with van der Waals surface area (Å²) >= 11 is 5.99. The number of fused-ring (bicyclic) bond motifs is 1. The molecule has 2 aromatic rings. The Morgan fingerprint density at radius 2 is 2.24 bits per heavy atom. The Morgan fingerprint density at radius 3 is 3.00 bits per heavy atom. The molecule has 0 radical (unpaired) electrons. The van der Waals surface area contributed by atoms with Crippen LogP contribution in [-0.4, -0.2) is 27.7 Å². The normalized spacial score (nSPS) is 20.4. The van der Waals surface area contributed by atoms with Gasteiger partial charge in [-0.2, -0.15) is 0 Å². The smallest absolute Gasteiger partial charge is 0.224 e. The highest BCUT2D eigenvalue weighted by Gasteiger charge is 2.28. The van der Waals surface area contributed by atoms with E-state index < -0.39 is 0 Å². The monoisotopic (exact) mass is 248 g/mol. The third kappa shape index (κ3) is 1.91. The standard InChI is InChI=1S/C13H13ClN2O/c14-10-5-13(17)16(8-10)7-9-6-15-12-4-2-1-3-11(9)12/h1-4,6,10,15H,5,7-8H2. The minimum absolute atomic E-state index is 0.0345. The van der Waals surface area contributed by atoms with E-state index in [1.165, 1.54) is 5.39 Å². The number of halogens is 1. The molecule has 3 rings (SSSR count). The number of H-pyrrole nitrogens is 1. The van der Waals surface area contributed by atoms with Crippen molar-refractivity contribution in [1.29, 1.82) is 0 Å². The quantitative estimate of drug-likeness (QED) is 0.815. The van der Waals surface area contributed by atoms with Gasteiger partial charge in [0.15, 0.2) is 0 Å². The third-order valence-electron chi connectivity index (χ3n) is 3.20. The number of nitrogens with zero attached hydrogens (tertiary/aromatic N) is 1. The number of hydrogen-bond donors (Lipinski definition) is 1. The molecule has 0 spiro atoms. The first-order chi connectivity index (χ1) is 8.24. The van der Waals surface area contributed by atoms with Crippen LogP contribution in [0.4, 0.5) is 0 Å². The lowest BCUT2D eigenvalue weighted by Crippen LogP contribution is -2.24. The van der Waals surface area contributed by atoms with E-state index in [0.717, 1.165) is 11.1 Å². The van der Waals surface area contributed by atoms with E-state index in [-0.39, 0.29) is 11.3 Å². The largest absolute Gasteiger partial charge is 0.361 e. The van der Waals surface area contributed by atoms with Gasteiger partial charge < -0.3 is 9.88 Å². The Hall–Kier alpha value is -1.48. The number of aromatic amines is 1. The highest BCUT2D eigenvalue weighted by atomic mass is 35.5. The second kappa shape index (κ2) is 4.08. The molecule has 1 atom stereocenters. The molecule has 1 saturated heterocycles. The number of carbonyl (C=O) groups excluding carboxylic acids is 1. The molecule has 1 aliphatic rings. The van der Waals surface area contributed by atoms with Crippen LogP contribution in [0.1, 0.15) is 12.0 Å². The van der Waals surface area contributed by atoms with Crippen molar-refractivity contribution in [3.63, 3.8) is 0 Å². The summed E-state index contributed by atoms with van der Waals surface area (Å²) in [5.74, 6) is 0.148. The molecule has 1 amide bonds. The first-order valence-corrected chi connectivity index (χ1v) is 6.14. The Morgan fingerprint density at radius 1 is 1.41 bits per heavy atom. The van der Waals surface area contributed by atoms with Gasteiger partial charge in [0, 0.05) is 36.6 Å². The van der Waals surface area contributed by atoms with Crippen molar-refractivity contribution in [3.8, 4) is 0 Å². The molecule has 3 nitrogen and oxygen atoms in total. The van der Waals surface area contributed by atoms with Crippen LogP contribution in [0.25, 0.3) is 10.9 Å². The van der Waals surface area contributed by atoms with Crippen molar-refractivity contribution in [2.45, 2.75) is 18.3 Å². The van der Waals surface area contributed by atoms with Crippen molar-refractivity contribution in [3.05, 3.63) is 36.0 Å².